The molecule has 0 aromatic carbocycles. The maximum absolute atomic E-state index is 11.6. The molecule has 1 aromatic heterocycles. The number of carbonyl (C=O) groups is 1. The number of carbonyl (C=O) groups excluding carboxylic acids is 1. The highest BCUT2D eigenvalue weighted by molar-refractivity contribution is 5.91. The summed E-state index contributed by atoms with van der Waals surface area (Å²) in [5.41, 5.74) is 5.64. The molecule has 0 saturated carbocycles. The average molecular weight is 210 g/mol. The van der Waals surface area contributed by atoms with Gasteiger partial charge in [0, 0.05) is 12.1 Å². The zero-order valence-corrected chi connectivity index (χ0v) is 9.41. The largest absolute Gasteiger partial charge is 0.456 e. The molecule has 15 heavy (non-hydrogen) atoms. The molecule has 0 fully saturated rings. The molecule has 4 nitrogen and oxygen atoms in total. The fraction of sp³-hybridized carbons (Fsp3) is 0.545. The molecule has 84 valence electrons. The van der Waals surface area contributed by atoms with E-state index in [1.54, 1.807) is 12.1 Å². The van der Waals surface area contributed by atoms with E-state index in [4.69, 9.17) is 10.2 Å². The lowest BCUT2D eigenvalue weighted by molar-refractivity contribution is 0.0908. The minimum Gasteiger partial charge on any atom is -0.456 e. The third kappa shape index (κ3) is 3.75. The number of nitrogens with two attached hydrogens (primary N) is 1. The van der Waals surface area contributed by atoms with Crippen molar-refractivity contribution >= 4 is 5.91 Å². The Morgan fingerprint density at radius 3 is 2.67 bits per heavy atom. The zero-order valence-electron chi connectivity index (χ0n) is 9.41. The minimum absolute atomic E-state index is 0.0582. The van der Waals surface area contributed by atoms with Crippen molar-refractivity contribution in [3.05, 3.63) is 23.7 Å². The quantitative estimate of drug-likeness (QED) is 0.790. The first-order valence-electron chi connectivity index (χ1n) is 5.12. The van der Waals surface area contributed by atoms with Crippen LogP contribution < -0.4 is 11.1 Å². The Morgan fingerprint density at radius 1 is 1.53 bits per heavy atom. The third-order valence-electron chi connectivity index (χ3n) is 2.07. The minimum atomic E-state index is -0.184. The van der Waals surface area contributed by atoms with Gasteiger partial charge in [-0.05, 0) is 39.3 Å². The summed E-state index contributed by atoms with van der Waals surface area (Å²) in [6.45, 7) is 5.65. The first-order chi connectivity index (χ1) is 6.99. The Morgan fingerprint density at radius 2 is 2.20 bits per heavy atom. The summed E-state index contributed by atoms with van der Waals surface area (Å²) in [6.07, 6.45) is 0.755. The zero-order chi connectivity index (χ0) is 11.4. The van der Waals surface area contributed by atoms with Crippen molar-refractivity contribution < 1.29 is 9.21 Å². The predicted molar refractivity (Wildman–Crippen MR) is 58.6 cm³/mol. The third-order valence-corrected chi connectivity index (χ3v) is 2.07. The highest BCUT2D eigenvalue weighted by atomic mass is 16.3. The Kier molecular flexibility index (Phi) is 3.91. The van der Waals surface area contributed by atoms with E-state index in [9.17, 15) is 4.79 Å². The number of furan rings is 1. The van der Waals surface area contributed by atoms with Gasteiger partial charge in [0.1, 0.15) is 5.76 Å². The van der Waals surface area contributed by atoms with Crippen molar-refractivity contribution in [1.29, 1.82) is 0 Å². The highest BCUT2D eigenvalue weighted by Gasteiger charge is 2.13. The van der Waals surface area contributed by atoms with Crippen LogP contribution in [0.25, 0.3) is 0 Å². The molecule has 0 aliphatic heterocycles. The summed E-state index contributed by atoms with van der Waals surface area (Å²) in [5, 5.41) is 2.83. The summed E-state index contributed by atoms with van der Waals surface area (Å²) in [6, 6.07) is 3.58. The normalized spacial score (nSPS) is 14.7. The molecule has 0 spiro atoms. The van der Waals surface area contributed by atoms with Gasteiger partial charge in [0.15, 0.2) is 5.76 Å². The first kappa shape index (κ1) is 11.8. The van der Waals surface area contributed by atoms with Crippen molar-refractivity contribution in [2.75, 3.05) is 0 Å². The summed E-state index contributed by atoms with van der Waals surface area (Å²) in [7, 11) is 0. The predicted octanol–water partition coefficient (Wildman–Crippen LogP) is 1.44. The van der Waals surface area contributed by atoms with E-state index in [0.717, 1.165) is 12.2 Å². The van der Waals surface area contributed by atoms with E-state index in [1.807, 2.05) is 20.8 Å². The lowest BCUT2D eigenvalue weighted by Crippen LogP contribution is -2.36. The molecule has 1 aromatic rings. The number of aryl methyl sites for hydroxylation is 1. The standard InChI is InChI=1S/C11H18N2O2/c1-7(12)6-8(2)13-11(14)10-5-4-9(3)15-10/h4-5,7-8H,6,12H2,1-3H3,(H,13,14). The molecule has 4 heteroatoms. The van der Waals surface area contributed by atoms with Crippen molar-refractivity contribution in [3.63, 3.8) is 0 Å². The molecule has 1 amide bonds. The number of rotatable bonds is 4. The van der Waals surface area contributed by atoms with Crippen LogP contribution in [0.5, 0.6) is 0 Å². The summed E-state index contributed by atoms with van der Waals surface area (Å²) in [4.78, 5) is 11.6. The van der Waals surface area contributed by atoms with Gasteiger partial charge in [0.25, 0.3) is 5.91 Å². The second-order valence-electron chi connectivity index (χ2n) is 4.00. The molecule has 0 bridgehead atoms. The van der Waals surface area contributed by atoms with Crippen LogP contribution in [0.4, 0.5) is 0 Å². The second-order valence-corrected chi connectivity index (χ2v) is 4.00. The van der Waals surface area contributed by atoms with E-state index in [0.29, 0.717) is 5.76 Å². The topological polar surface area (TPSA) is 68.3 Å². The Hall–Kier alpha value is -1.29. The van der Waals surface area contributed by atoms with Gasteiger partial charge in [-0.2, -0.15) is 0 Å². The Labute approximate surface area is 89.8 Å². The molecule has 3 N–H and O–H groups in total. The van der Waals surface area contributed by atoms with Crippen molar-refractivity contribution in [2.45, 2.75) is 39.3 Å². The van der Waals surface area contributed by atoms with Gasteiger partial charge in [-0.3, -0.25) is 4.79 Å². The molecule has 0 aliphatic rings. The highest BCUT2D eigenvalue weighted by Crippen LogP contribution is 2.06. The number of nitrogens with one attached hydrogen (secondary N) is 1. The van der Waals surface area contributed by atoms with Gasteiger partial charge >= 0.3 is 0 Å². The van der Waals surface area contributed by atoms with Crippen molar-refractivity contribution in [3.8, 4) is 0 Å². The SMILES string of the molecule is Cc1ccc(C(=O)NC(C)CC(C)N)o1. The molecule has 2 unspecified atom stereocenters. The van der Waals surface area contributed by atoms with Crippen LogP contribution in [0.1, 0.15) is 36.6 Å². The van der Waals surface area contributed by atoms with E-state index in [1.165, 1.54) is 0 Å². The molecule has 0 aliphatic carbocycles. The second kappa shape index (κ2) is 4.98. The van der Waals surface area contributed by atoms with E-state index in [-0.39, 0.29) is 18.0 Å². The van der Waals surface area contributed by atoms with Crippen LogP contribution in [0.3, 0.4) is 0 Å². The molecule has 0 saturated heterocycles. The van der Waals surface area contributed by atoms with Crippen LogP contribution in [-0.4, -0.2) is 18.0 Å². The summed E-state index contributed by atoms with van der Waals surface area (Å²) >= 11 is 0. The molecule has 0 radical (unpaired) electrons. The molecule has 2 atom stereocenters. The van der Waals surface area contributed by atoms with Gasteiger partial charge in [0.05, 0.1) is 0 Å². The van der Waals surface area contributed by atoms with Gasteiger partial charge in [-0.1, -0.05) is 0 Å². The van der Waals surface area contributed by atoms with E-state index < -0.39 is 0 Å². The lowest BCUT2D eigenvalue weighted by Gasteiger charge is -2.14. The lowest BCUT2D eigenvalue weighted by atomic mass is 10.1. The smallest absolute Gasteiger partial charge is 0.287 e. The summed E-state index contributed by atoms with van der Waals surface area (Å²) in [5.74, 6) is 0.903. The molecule has 1 rings (SSSR count). The molecule has 1 heterocycles. The van der Waals surface area contributed by atoms with Crippen LogP contribution in [-0.2, 0) is 0 Å². The van der Waals surface area contributed by atoms with E-state index >= 15 is 0 Å². The van der Waals surface area contributed by atoms with Crippen molar-refractivity contribution in [1.82, 2.24) is 5.32 Å². The maximum atomic E-state index is 11.6. The Balaban J connectivity index is 2.49. The van der Waals surface area contributed by atoms with E-state index in [2.05, 4.69) is 5.32 Å². The van der Waals surface area contributed by atoms with Crippen LogP contribution >= 0.6 is 0 Å². The van der Waals surface area contributed by atoms with Crippen molar-refractivity contribution in [2.24, 2.45) is 5.73 Å². The molecular weight excluding hydrogens is 192 g/mol. The first-order valence-corrected chi connectivity index (χ1v) is 5.12. The van der Waals surface area contributed by atoms with Gasteiger partial charge in [0.2, 0.25) is 0 Å². The fourth-order valence-corrected chi connectivity index (χ4v) is 1.47. The maximum Gasteiger partial charge on any atom is 0.287 e. The molecular formula is C11H18N2O2. The number of amides is 1. The van der Waals surface area contributed by atoms with Gasteiger partial charge in [-0.25, -0.2) is 0 Å². The number of hydrogen-bond donors (Lipinski definition) is 2. The summed E-state index contributed by atoms with van der Waals surface area (Å²) < 4.78 is 5.21. The van der Waals surface area contributed by atoms with Gasteiger partial charge < -0.3 is 15.5 Å². The number of hydrogen-bond acceptors (Lipinski definition) is 3. The van der Waals surface area contributed by atoms with Crippen LogP contribution in [0, 0.1) is 6.92 Å². The van der Waals surface area contributed by atoms with Gasteiger partial charge in [-0.15, -0.1) is 0 Å². The van der Waals surface area contributed by atoms with Crippen LogP contribution in [0.15, 0.2) is 16.5 Å². The average Bonchev–Trinajstić information content (AvgIpc) is 2.49. The van der Waals surface area contributed by atoms with Crippen LogP contribution in [0.2, 0.25) is 0 Å². The fourth-order valence-electron chi connectivity index (χ4n) is 1.47. The monoisotopic (exact) mass is 210 g/mol. The Bertz CT molecular complexity index is 331.